The van der Waals surface area contributed by atoms with E-state index in [1.807, 2.05) is 0 Å². The van der Waals surface area contributed by atoms with E-state index < -0.39 is 10.0 Å². The molecule has 1 heterocycles. The van der Waals surface area contributed by atoms with Gasteiger partial charge in [-0.3, -0.25) is 0 Å². The van der Waals surface area contributed by atoms with Gasteiger partial charge in [0.15, 0.2) is 0 Å². The lowest BCUT2D eigenvalue weighted by molar-refractivity contribution is 0.142. The molecule has 0 atom stereocenters. The number of benzene rings is 1. The van der Waals surface area contributed by atoms with E-state index in [1.165, 1.54) is 12.1 Å². The van der Waals surface area contributed by atoms with Crippen LogP contribution in [0.25, 0.3) is 0 Å². The van der Waals surface area contributed by atoms with Crippen molar-refractivity contribution in [2.24, 2.45) is 5.14 Å². The first-order chi connectivity index (χ1) is 7.05. The summed E-state index contributed by atoms with van der Waals surface area (Å²) in [5.74, 6) is 0.661. The molecule has 6 heteroatoms. The number of sulfonamides is 1. The Morgan fingerprint density at radius 1 is 1.27 bits per heavy atom. The largest absolute Gasteiger partial charge is 0.488 e. The van der Waals surface area contributed by atoms with E-state index in [2.05, 4.69) is 5.32 Å². The van der Waals surface area contributed by atoms with Crippen LogP contribution in [0.1, 0.15) is 0 Å². The highest BCUT2D eigenvalue weighted by atomic mass is 32.2. The third-order valence-corrected chi connectivity index (χ3v) is 3.13. The van der Waals surface area contributed by atoms with E-state index in [4.69, 9.17) is 9.88 Å². The molecule has 82 valence electrons. The van der Waals surface area contributed by atoms with Crippen LogP contribution in [0.3, 0.4) is 0 Å². The molecule has 15 heavy (non-hydrogen) atoms. The predicted molar refractivity (Wildman–Crippen MR) is 55.1 cm³/mol. The molecule has 0 aliphatic carbocycles. The van der Waals surface area contributed by atoms with Crippen LogP contribution in [0.5, 0.6) is 5.75 Å². The summed E-state index contributed by atoms with van der Waals surface area (Å²) in [6.07, 6.45) is 0.185. The molecular formula is C9H12N2O3S. The third-order valence-electron chi connectivity index (χ3n) is 2.20. The predicted octanol–water partition coefficient (Wildman–Crippen LogP) is -0.315. The minimum Gasteiger partial charge on any atom is -0.488 e. The molecule has 0 aromatic heterocycles. The van der Waals surface area contributed by atoms with Gasteiger partial charge in [0.05, 0.1) is 4.90 Å². The van der Waals surface area contributed by atoms with Gasteiger partial charge in [-0.1, -0.05) is 0 Å². The molecule has 2 rings (SSSR count). The summed E-state index contributed by atoms with van der Waals surface area (Å²) in [5, 5.41) is 8.04. The van der Waals surface area contributed by atoms with E-state index in [-0.39, 0.29) is 11.0 Å². The topological polar surface area (TPSA) is 81.4 Å². The van der Waals surface area contributed by atoms with Gasteiger partial charge >= 0.3 is 0 Å². The number of nitrogens with two attached hydrogens (primary N) is 1. The molecule has 1 aromatic rings. The van der Waals surface area contributed by atoms with Gasteiger partial charge < -0.3 is 10.1 Å². The lowest BCUT2D eigenvalue weighted by Gasteiger charge is -2.27. The fraction of sp³-hybridized carbons (Fsp3) is 0.333. The van der Waals surface area contributed by atoms with Crippen molar-refractivity contribution in [3.63, 3.8) is 0 Å². The zero-order valence-corrected chi connectivity index (χ0v) is 8.83. The summed E-state index contributed by atoms with van der Waals surface area (Å²) < 4.78 is 27.4. The van der Waals surface area contributed by atoms with E-state index in [1.54, 1.807) is 12.1 Å². The van der Waals surface area contributed by atoms with Crippen molar-refractivity contribution in [2.45, 2.75) is 11.0 Å². The standard InChI is InChI=1S/C9H12N2O3S/c10-15(12,13)9-3-1-7(2-4-9)14-8-5-11-6-8/h1-4,8,11H,5-6H2,(H2,10,12,13). The highest BCUT2D eigenvalue weighted by Gasteiger charge is 2.18. The zero-order chi connectivity index (χ0) is 10.9. The maximum absolute atomic E-state index is 11.0. The summed E-state index contributed by atoms with van der Waals surface area (Å²) in [6, 6.07) is 6.10. The molecule has 0 unspecified atom stereocenters. The zero-order valence-electron chi connectivity index (χ0n) is 8.01. The van der Waals surface area contributed by atoms with Crippen molar-refractivity contribution in [1.82, 2.24) is 5.32 Å². The van der Waals surface area contributed by atoms with Crippen molar-refractivity contribution in [3.05, 3.63) is 24.3 Å². The smallest absolute Gasteiger partial charge is 0.238 e. The highest BCUT2D eigenvalue weighted by molar-refractivity contribution is 7.89. The molecule has 1 aliphatic rings. The van der Waals surface area contributed by atoms with Gasteiger partial charge in [0, 0.05) is 13.1 Å². The molecule has 0 amide bonds. The van der Waals surface area contributed by atoms with Crippen LogP contribution in [0.15, 0.2) is 29.2 Å². The number of ether oxygens (including phenoxy) is 1. The van der Waals surface area contributed by atoms with Crippen molar-refractivity contribution in [2.75, 3.05) is 13.1 Å². The average Bonchev–Trinajstić information content (AvgIpc) is 2.11. The van der Waals surface area contributed by atoms with Gasteiger partial charge in [-0.05, 0) is 24.3 Å². The van der Waals surface area contributed by atoms with Crippen LogP contribution in [-0.4, -0.2) is 27.6 Å². The Balaban J connectivity index is 2.09. The Bertz CT molecular complexity index is 437. The summed E-state index contributed by atoms with van der Waals surface area (Å²) in [7, 11) is -3.61. The maximum Gasteiger partial charge on any atom is 0.238 e. The molecule has 0 radical (unpaired) electrons. The Kier molecular flexibility index (Phi) is 2.64. The van der Waals surface area contributed by atoms with E-state index in [9.17, 15) is 8.42 Å². The van der Waals surface area contributed by atoms with Crippen LogP contribution >= 0.6 is 0 Å². The van der Waals surface area contributed by atoms with Crippen molar-refractivity contribution in [3.8, 4) is 5.75 Å². The number of hydrogen-bond donors (Lipinski definition) is 2. The van der Waals surface area contributed by atoms with Crippen LogP contribution in [0.2, 0.25) is 0 Å². The number of hydrogen-bond acceptors (Lipinski definition) is 4. The molecule has 1 saturated heterocycles. The summed E-state index contributed by atoms with van der Waals surface area (Å²) in [4.78, 5) is 0.0987. The lowest BCUT2D eigenvalue weighted by atomic mass is 10.2. The Morgan fingerprint density at radius 2 is 1.87 bits per heavy atom. The molecule has 0 saturated carbocycles. The number of primary sulfonamides is 1. The fourth-order valence-corrected chi connectivity index (χ4v) is 1.76. The second-order valence-electron chi connectivity index (χ2n) is 3.41. The minimum absolute atomic E-state index is 0.0987. The SMILES string of the molecule is NS(=O)(=O)c1ccc(OC2CNC2)cc1. The first-order valence-corrected chi connectivity index (χ1v) is 6.10. The van der Waals surface area contributed by atoms with Gasteiger partial charge in [-0.2, -0.15) is 0 Å². The first-order valence-electron chi connectivity index (χ1n) is 4.56. The summed E-state index contributed by atoms with van der Waals surface area (Å²) >= 11 is 0. The summed E-state index contributed by atoms with van der Waals surface area (Å²) in [6.45, 7) is 1.66. The third kappa shape index (κ3) is 2.47. The highest BCUT2D eigenvalue weighted by Crippen LogP contribution is 2.16. The van der Waals surface area contributed by atoms with Gasteiger partial charge in [0.1, 0.15) is 11.9 Å². The van der Waals surface area contributed by atoms with E-state index >= 15 is 0 Å². The van der Waals surface area contributed by atoms with Crippen molar-refractivity contribution in [1.29, 1.82) is 0 Å². The monoisotopic (exact) mass is 228 g/mol. The van der Waals surface area contributed by atoms with Crippen molar-refractivity contribution < 1.29 is 13.2 Å². The van der Waals surface area contributed by atoms with E-state index in [0.29, 0.717) is 5.75 Å². The Labute approximate surface area is 88.3 Å². The second-order valence-corrected chi connectivity index (χ2v) is 4.98. The van der Waals surface area contributed by atoms with Crippen LogP contribution < -0.4 is 15.2 Å². The first kappa shape index (κ1) is 10.4. The average molecular weight is 228 g/mol. The van der Waals surface area contributed by atoms with Gasteiger partial charge in [-0.15, -0.1) is 0 Å². The molecule has 5 nitrogen and oxygen atoms in total. The van der Waals surface area contributed by atoms with Crippen LogP contribution in [0, 0.1) is 0 Å². The lowest BCUT2D eigenvalue weighted by Crippen LogP contribution is -2.50. The second kappa shape index (κ2) is 3.80. The molecule has 1 aromatic carbocycles. The molecule has 0 bridgehead atoms. The number of nitrogens with one attached hydrogen (secondary N) is 1. The van der Waals surface area contributed by atoms with E-state index in [0.717, 1.165) is 13.1 Å². The van der Waals surface area contributed by atoms with Crippen molar-refractivity contribution >= 4 is 10.0 Å². The fourth-order valence-electron chi connectivity index (χ4n) is 1.25. The maximum atomic E-state index is 11.0. The normalized spacial score (nSPS) is 17.1. The molecule has 0 spiro atoms. The Hall–Kier alpha value is -1.11. The van der Waals surface area contributed by atoms with Crippen LogP contribution in [-0.2, 0) is 10.0 Å². The van der Waals surface area contributed by atoms with Crippen LogP contribution in [0.4, 0.5) is 0 Å². The minimum atomic E-state index is -3.61. The van der Waals surface area contributed by atoms with Gasteiger partial charge in [0.2, 0.25) is 10.0 Å². The quantitative estimate of drug-likeness (QED) is 0.743. The molecule has 1 fully saturated rings. The molecule has 3 N–H and O–H groups in total. The Morgan fingerprint density at radius 3 is 2.27 bits per heavy atom. The van der Waals surface area contributed by atoms with Gasteiger partial charge in [0.25, 0.3) is 0 Å². The number of rotatable bonds is 3. The van der Waals surface area contributed by atoms with Gasteiger partial charge in [-0.25, -0.2) is 13.6 Å². The molecule has 1 aliphatic heterocycles. The summed E-state index contributed by atoms with van der Waals surface area (Å²) in [5.41, 5.74) is 0. The molecular weight excluding hydrogens is 216 g/mol.